The van der Waals surface area contributed by atoms with Gasteiger partial charge in [-0.2, -0.15) is 0 Å². The molecule has 2 aliphatic rings. The summed E-state index contributed by atoms with van der Waals surface area (Å²) in [5, 5.41) is 2.09. The minimum atomic E-state index is -0.262. The predicted octanol–water partition coefficient (Wildman–Crippen LogP) is 3.43. The van der Waals surface area contributed by atoms with Gasteiger partial charge in [-0.15, -0.1) is 0 Å². The zero-order valence-corrected chi connectivity index (χ0v) is 18.2. The molecule has 2 aromatic rings. The van der Waals surface area contributed by atoms with Crippen LogP contribution in [-0.2, 0) is 4.79 Å². The van der Waals surface area contributed by atoms with E-state index in [4.69, 9.17) is 10.5 Å². The highest BCUT2D eigenvalue weighted by Gasteiger charge is 2.26. The molecule has 2 heterocycles. The summed E-state index contributed by atoms with van der Waals surface area (Å²) in [6, 6.07) is 11.9. The third-order valence-corrected chi connectivity index (χ3v) is 6.58. The van der Waals surface area contributed by atoms with E-state index in [9.17, 15) is 9.59 Å². The number of carbonyl (C=O) groups is 2. The molecule has 0 atom stereocenters. The Balaban J connectivity index is 1.31. The molecule has 4 rings (SSSR count). The molecule has 0 aliphatic carbocycles. The number of hydrogen-bond donors (Lipinski definition) is 1. The molecule has 2 saturated heterocycles. The number of nitrogens with zero attached hydrogens (tertiary/aromatic N) is 2. The second-order valence-corrected chi connectivity index (χ2v) is 8.80. The summed E-state index contributed by atoms with van der Waals surface area (Å²) in [6.45, 7) is 5.43. The molecule has 2 aliphatic heterocycles. The van der Waals surface area contributed by atoms with Crippen LogP contribution in [0.2, 0.25) is 0 Å². The van der Waals surface area contributed by atoms with Crippen molar-refractivity contribution < 1.29 is 14.3 Å². The average Bonchev–Trinajstić information content (AvgIpc) is 2.81. The maximum Gasteiger partial charge on any atom is 0.253 e. The van der Waals surface area contributed by atoms with E-state index in [-0.39, 0.29) is 17.7 Å². The average molecular weight is 424 g/mol. The topological polar surface area (TPSA) is 75.9 Å². The van der Waals surface area contributed by atoms with Crippen molar-refractivity contribution >= 4 is 22.6 Å². The number of fused-ring (bicyclic) bond motifs is 1. The lowest BCUT2D eigenvalue weighted by atomic mass is 9.95. The zero-order chi connectivity index (χ0) is 21.6. The smallest absolute Gasteiger partial charge is 0.253 e. The number of piperidine rings is 2. The van der Waals surface area contributed by atoms with Crippen molar-refractivity contribution in [3.8, 4) is 5.75 Å². The van der Waals surface area contributed by atoms with Crippen molar-refractivity contribution in [3.05, 3.63) is 42.0 Å². The highest BCUT2D eigenvalue weighted by atomic mass is 16.5. The molecule has 0 radical (unpaired) electrons. The molecule has 6 heteroatoms. The van der Waals surface area contributed by atoms with Crippen LogP contribution in [0.1, 0.15) is 48.9 Å². The van der Waals surface area contributed by atoms with Gasteiger partial charge in [0.1, 0.15) is 5.75 Å². The minimum absolute atomic E-state index is 0.0165. The minimum Gasteiger partial charge on any atom is -0.494 e. The van der Waals surface area contributed by atoms with Crippen LogP contribution in [0.15, 0.2) is 36.4 Å². The summed E-state index contributed by atoms with van der Waals surface area (Å²) in [4.78, 5) is 28.6. The van der Waals surface area contributed by atoms with E-state index in [1.165, 1.54) is 32.4 Å². The summed E-state index contributed by atoms with van der Waals surface area (Å²) in [6.07, 6.45) is 6.34. The van der Waals surface area contributed by atoms with Gasteiger partial charge < -0.3 is 20.3 Å². The Morgan fingerprint density at radius 1 is 0.935 bits per heavy atom. The van der Waals surface area contributed by atoms with Crippen LogP contribution in [0.25, 0.3) is 10.8 Å². The van der Waals surface area contributed by atoms with E-state index < -0.39 is 0 Å². The van der Waals surface area contributed by atoms with Gasteiger partial charge in [-0.3, -0.25) is 9.59 Å². The number of likely N-dealkylation sites (tertiary alicyclic amines) is 2. The van der Waals surface area contributed by atoms with Gasteiger partial charge in [0, 0.05) is 31.1 Å². The van der Waals surface area contributed by atoms with Crippen LogP contribution >= 0.6 is 0 Å². The Hall–Kier alpha value is -2.60. The molecule has 6 nitrogen and oxygen atoms in total. The molecule has 2 amide bonds. The molecular formula is C25H33N3O3. The molecule has 0 aromatic heterocycles. The first-order valence-electron chi connectivity index (χ1n) is 11.6. The summed E-state index contributed by atoms with van der Waals surface area (Å²) >= 11 is 0. The van der Waals surface area contributed by atoms with E-state index in [0.717, 1.165) is 36.1 Å². The fraction of sp³-hybridized carbons (Fsp3) is 0.520. The second kappa shape index (κ2) is 10.1. The fourth-order valence-corrected chi connectivity index (χ4v) is 4.66. The molecule has 0 bridgehead atoms. The van der Waals surface area contributed by atoms with E-state index in [1.54, 1.807) is 0 Å². The number of amides is 2. The SMILES string of the molecule is NC(=O)C1CCN(C(=O)c2ccc3cc(OCCCN4CCCCC4)ccc3c2)CC1. The number of benzene rings is 2. The summed E-state index contributed by atoms with van der Waals surface area (Å²) in [5.41, 5.74) is 6.07. The Morgan fingerprint density at radius 3 is 2.39 bits per heavy atom. The molecule has 0 spiro atoms. The van der Waals surface area contributed by atoms with Crippen molar-refractivity contribution in [1.29, 1.82) is 0 Å². The van der Waals surface area contributed by atoms with E-state index in [1.807, 2.05) is 41.3 Å². The van der Waals surface area contributed by atoms with Crippen molar-refractivity contribution in [2.45, 2.75) is 38.5 Å². The van der Waals surface area contributed by atoms with E-state index >= 15 is 0 Å². The third kappa shape index (κ3) is 5.56. The van der Waals surface area contributed by atoms with Gasteiger partial charge in [-0.1, -0.05) is 18.6 Å². The van der Waals surface area contributed by atoms with Gasteiger partial charge >= 0.3 is 0 Å². The Morgan fingerprint density at radius 2 is 1.65 bits per heavy atom. The highest BCUT2D eigenvalue weighted by molar-refractivity contribution is 5.99. The first-order chi connectivity index (χ1) is 15.1. The summed E-state index contributed by atoms with van der Waals surface area (Å²) in [7, 11) is 0. The standard InChI is InChI=1S/C25H33N3O3/c26-24(29)19-9-14-28(15-10-19)25(30)22-6-5-21-18-23(8-7-20(21)17-22)31-16-4-13-27-11-2-1-3-12-27/h5-8,17-19H,1-4,9-16H2,(H2,26,29). The maximum atomic E-state index is 12.9. The fourth-order valence-electron chi connectivity index (χ4n) is 4.66. The van der Waals surface area contributed by atoms with Gasteiger partial charge in [0.2, 0.25) is 5.91 Å². The number of nitrogens with two attached hydrogens (primary N) is 1. The molecule has 166 valence electrons. The zero-order valence-electron chi connectivity index (χ0n) is 18.2. The largest absolute Gasteiger partial charge is 0.494 e. The lowest BCUT2D eigenvalue weighted by Crippen LogP contribution is -2.41. The lowest BCUT2D eigenvalue weighted by Gasteiger charge is -2.30. The monoisotopic (exact) mass is 423 g/mol. The molecule has 0 saturated carbocycles. The molecule has 2 aromatic carbocycles. The van der Waals surface area contributed by atoms with Crippen LogP contribution in [0, 0.1) is 5.92 Å². The van der Waals surface area contributed by atoms with Gasteiger partial charge in [0.25, 0.3) is 5.91 Å². The lowest BCUT2D eigenvalue weighted by molar-refractivity contribution is -0.123. The number of rotatable bonds is 7. The van der Waals surface area contributed by atoms with Crippen LogP contribution in [0.5, 0.6) is 5.75 Å². The van der Waals surface area contributed by atoms with Crippen molar-refractivity contribution in [1.82, 2.24) is 9.80 Å². The molecule has 0 unspecified atom stereocenters. The second-order valence-electron chi connectivity index (χ2n) is 8.80. The normalized spacial score (nSPS) is 18.3. The molecule has 2 fully saturated rings. The Kier molecular flexibility index (Phi) is 7.07. The van der Waals surface area contributed by atoms with Gasteiger partial charge in [-0.25, -0.2) is 0 Å². The third-order valence-electron chi connectivity index (χ3n) is 6.58. The van der Waals surface area contributed by atoms with Crippen molar-refractivity contribution in [3.63, 3.8) is 0 Å². The maximum absolute atomic E-state index is 12.9. The van der Waals surface area contributed by atoms with E-state index in [2.05, 4.69) is 4.90 Å². The molecule has 31 heavy (non-hydrogen) atoms. The van der Waals surface area contributed by atoms with Crippen molar-refractivity contribution in [2.24, 2.45) is 11.7 Å². The summed E-state index contributed by atoms with van der Waals surface area (Å²) < 4.78 is 5.97. The molecule has 2 N–H and O–H groups in total. The number of primary amides is 1. The van der Waals surface area contributed by atoms with E-state index in [0.29, 0.717) is 31.5 Å². The van der Waals surface area contributed by atoms with Crippen LogP contribution in [0.3, 0.4) is 0 Å². The quantitative estimate of drug-likeness (QED) is 0.693. The first-order valence-corrected chi connectivity index (χ1v) is 11.6. The van der Waals surface area contributed by atoms with Gasteiger partial charge in [0.05, 0.1) is 6.61 Å². The highest BCUT2D eigenvalue weighted by Crippen LogP contribution is 2.24. The number of carbonyl (C=O) groups excluding carboxylic acids is 2. The predicted molar refractivity (Wildman–Crippen MR) is 122 cm³/mol. The van der Waals surface area contributed by atoms with Gasteiger partial charge in [0.15, 0.2) is 0 Å². The van der Waals surface area contributed by atoms with Crippen LogP contribution in [-0.4, -0.2) is 60.9 Å². The van der Waals surface area contributed by atoms with Crippen LogP contribution in [0.4, 0.5) is 0 Å². The Labute approximate surface area is 184 Å². The first kappa shape index (κ1) is 21.6. The van der Waals surface area contributed by atoms with Crippen molar-refractivity contribution in [2.75, 3.05) is 39.3 Å². The van der Waals surface area contributed by atoms with Gasteiger partial charge in [-0.05, 0) is 80.2 Å². The van der Waals surface area contributed by atoms with Crippen LogP contribution < -0.4 is 10.5 Å². The number of ether oxygens (including phenoxy) is 1. The molecular weight excluding hydrogens is 390 g/mol. The summed E-state index contributed by atoms with van der Waals surface area (Å²) in [5.74, 6) is 0.517. The Bertz CT molecular complexity index is 915. The number of hydrogen-bond acceptors (Lipinski definition) is 4.